The molecule has 0 aliphatic carbocycles. The molecule has 0 aliphatic heterocycles. The van der Waals surface area contributed by atoms with Gasteiger partial charge >= 0.3 is 5.97 Å². The third-order valence-corrected chi connectivity index (χ3v) is 3.40. The molecule has 0 bridgehead atoms. The molecule has 0 saturated heterocycles. The van der Waals surface area contributed by atoms with Gasteiger partial charge in [0.15, 0.2) is 6.10 Å². The van der Waals surface area contributed by atoms with Crippen molar-refractivity contribution in [2.45, 2.75) is 19.6 Å². The predicted molar refractivity (Wildman–Crippen MR) is 77.5 cm³/mol. The molecule has 1 heterocycles. The summed E-state index contributed by atoms with van der Waals surface area (Å²) in [7, 11) is 0. The van der Waals surface area contributed by atoms with Crippen LogP contribution < -0.4 is 5.32 Å². The maximum Gasteiger partial charge on any atom is 0.339 e. The molecule has 0 aliphatic rings. The molecule has 5 heteroatoms. The minimum atomic E-state index is -0.814. The molecule has 1 N–H and O–H groups in total. The number of thiophene rings is 1. The van der Waals surface area contributed by atoms with Gasteiger partial charge in [-0.05, 0) is 23.9 Å². The van der Waals surface area contributed by atoms with E-state index in [1.165, 1.54) is 11.3 Å². The summed E-state index contributed by atoms with van der Waals surface area (Å²) in [6, 6.07) is 11.2. The van der Waals surface area contributed by atoms with E-state index in [2.05, 4.69) is 5.32 Å². The van der Waals surface area contributed by atoms with Gasteiger partial charge in [-0.2, -0.15) is 11.3 Å². The van der Waals surface area contributed by atoms with Crippen LogP contribution in [-0.4, -0.2) is 18.0 Å². The lowest BCUT2D eigenvalue weighted by Crippen LogP contribution is -2.35. The third-order valence-electron chi connectivity index (χ3n) is 2.72. The molecule has 1 aromatic carbocycles. The Morgan fingerprint density at radius 2 is 2.00 bits per heavy atom. The number of carbonyl (C=O) groups is 2. The van der Waals surface area contributed by atoms with Crippen LogP contribution >= 0.6 is 11.3 Å². The topological polar surface area (TPSA) is 55.4 Å². The van der Waals surface area contributed by atoms with E-state index >= 15 is 0 Å². The summed E-state index contributed by atoms with van der Waals surface area (Å²) >= 11 is 1.41. The van der Waals surface area contributed by atoms with Crippen LogP contribution in [-0.2, 0) is 16.1 Å². The summed E-state index contributed by atoms with van der Waals surface area (Å²) in [6.07, 6.45) is -0.814. The minimum absolute atomic E-state index is 0.308. The van der Waals surface area contributed by atoms with E-state index in [1.54, 1.807) is 23.8 Å². The standard InChI is InChI=1S/C15H15NO3S/c1-11(19-15(18)13-7-8-20-10-13)14(17)16-9-12-5-3-2-4-6-12/h2-8,10-11H,9H2,1H3,(H,16,17)/t11-/m0/s1. The third kappa shape index (κ3) is 3.93. The van der Waals surface area contributed by atoms with Crippen LogP contribution in [0.4, 0.5) is 0 Å². The lowest BCUT2D eigenvalue weighted by Gasteiger charge is -2.13. The monoisotopic (exact) mass is 289 g/mol. The average molecular weight is 289 g/mol. The summed E-state index contributed by atoms with van der Waals surface area (Å²) in [6.45, 7) is 1.98. The first-order valence-electron chi connectivity index (χ1n) is 6.21. The Hall–Kier alpha value is -2.14. The van der Waals surface area contributed by atoms with Gasteiger partial charge in [0.2, 0.25) is 0 Å². The first-order chi connectivity index (χ1) is 9.66. The first kappa shape index (κ1) is 14.3. The number of amides is 1. The Morgan fingerprint density at radius 3 is 2.65 bits per heavy atom. The Balaban J connectivity index is 1.82. The fraction of sp³-hybridized carbons (Fsp3) is 0.200. The van der Waals surface area contributed by atoms with Gasteiger partial charge in [0.25, 0.3) is 5.91 Å². The van der Waals surface area contributed by atoms with E-state index in [9.17, 15) is 9.59 Å². The second-order valence-electron chi connectivity index (χ2n) is 4.26. The van der Waals surface area contributed by atoms with Crippen LogP contribution in [0.1, 0.15) is 22.8 Å². The molecule has 1 aromatic heterocycles. The Morgan fingerprint density at radius 1 is 1.25 bits per heavy atom. The zero-order chi connectivity index (χ0) is 14.4. The summed E-state index contributed by atoms with van der Waals surface area (Å²) in [4.78, 5) is 23.5. The molecule has 1 atom stereocenters. The maximum atomic E-state index is 11.8. The molecule has 0 spiro atoms. The van der Waals surface area contributed by atoms with Crippen LogP contribution in [0.2, 0.25) is 0 Å². The summed E-state index contributed by atoms with van der Waals surface area (Å²) in [5, 5.41) is 6.22. The number of nitrogens with one attached hydrogen (secondary N) is 1. The van der Waals surface area contributed by atoms with Crippen molar-refractivity contribution < 1.29 is 14.3 Å². The molecule has 2 rings (SSSR count). The molecule has 104 valence electrons. The van der Waals surface area contributed by atoms with Crippen molar-refractivity contribution in [2.24, 2.45) is 0 Å². The Bertz CT molecular complexity index is 566. The van der Waals surface area contributed by atoms with Crippen LogP contribution in [0.25, 0.3) is 0 Å². The number of benzene rings is 1. The SMILES string of the molecule is C[C@H](OC(=O)c1ccsc1)C(=O)NCc1ccccc1. The molecular weight excluding hydrogens is 274 g/mol. The predicted octanol–water partition coefficient (Wildman–Crippen LogP) is 2.61. The van der Waals surface area contributed by atoms with Crippen molar-refractivity contribution >= 4 is 23.2 Å². The van der Waals surface area contributed by atoms with Crippen molar-refractivity contribution in [3.63, 3.8) is 0 Å². The number of hydrogen-bond acceptors (Lipinski definition) is 4. The molecular formula is C15H15NO3S. The van der Waals surface area contributed by atoms with Gasteiger partial charge in [-0.15, -0.1) is 0 Å². The number of ether oxygens (including phenoxy) is 1. The van der Waals surface area contributed by atoms with Crippen molar-refractivity contribution in [3.8, 4) is 0 Å². The van der Waals surface area contributed by atoms with Crippen LogP contribution in [0, 0.1) is 0 Å². The molecule has 2 aromatic rings. The highest BCUT2D eigenvalue weighted by Crippen LogP contribution is 2.09. The normalized spacial score (nSPS) is 11.7. The van der Waals surface area contributed by atoms with Crippen molar-refractivity contribution in [2.75, 3.05) is 0 Å². The fourth-order valence-electron chi connectivity index (χ4n) is 1.59. The molecule has 4 nitrogen and oxygen atoms in total. The van der Waals surface area contributed by atoms with E-state index in [0.717, 1.165) is 5.56 Å². The maximum absolute atomic E-state index is 11.8. The molecule has 0 saturated carbocycles. The van der Waals surface area contributed by atoms with E-state index < -0.39 is 12.1 Å². The van der Waals surface area contributed by atoms with Crippen LogP contribution in [0.15, 0.2) is 47.2 Å². The quantitative estimate of drug-likeness (QED) is 0.861. The first-order valence-corrected chi connectivity index (χ1v) is 7.16. The zero-order valence-corrected chi connectivity index (χ0v) is 11.9. The van der Waals surface area contributed by atoms with Gasteiger partial charge in [-0.25, -0.2) is 4.79 Å². The summed E-state index contributed by atoms with van der Waals surface area (Å²) in [5.41, 5.74) is 1.47. The van der Waals surface area contributed by atoms with Gasteiger partial charge < -0.3 is 10.1 Å². The number of rotatable bonds is 5. The molecule has 0 fully saturated rings. The fourth-order valence-corrected chi connectivity index (χ4v) is 2.22. The van der Waals surface area contributed by atoms with Gasteiger partial charge in [-0.3, -0.25) is 4.79 Å². The van der Waals surface area contributed by atoms with Crippen molar-refractivity contribution in [1.29, 1.82) is 0 Å². The van der Waals surface area contributed by atoms with E-state index in [-0.39, 0.29) is 5.91 Å². The number of hydrogen-bond donors (Lipinski definition) is 1. The Labute approximate surface area is 121 Å². The largest absolute Gasteiger partial charge is 0.449 e. The summed E-state index contributed by atoms with van der Waals surface area (Å²) in [5.74, 6) is -0.786. The van der Waals surface area contributed by atoms with E-state index in [0.29, 0.717) is 12.1 Å². The van der Waals surface area contributed by atoms with Crippen LogP contribution in [0.3, 0.4) is 0 Å². The van der Waals surface area contributed by atoms with E-state index in [4.69, 9.17) is 4.74 Å². The average Bonchev–Trinajstić information content (AvgIpc) is 3.00. The second kappa shape index (κ2) is 6.86. The van der Waals surface area contributed by atoms with Crippen molar-refractivity contribution in [3.05, 3.63) is 58.3 Å². The number of carbonyl (C=O) groups excluding carboxylic acids is 2. The van der Waals surface area contributed by atoms with Gasteiger partial charge in [0.05, 0.1) is 5.56 Å². The molecule has 20 heavy (non-hydrogen) atoms. The highest BCUT2D eigenvalue weighted by molar-refractivity contribution is 7.08. The number of esters is 1. The highest BCUT2D eigenvalue weighted by Gasteiger charge is 2.18. The molecule has 1 amide bonds. The van der Waals surface area contributed by atoms with Gasteiger partial charge in [0.1, 0.15) is 0 Å². The Kier molecular flexibility index (Phi) is 4.90. The second-order valence-corrected chi connectivity index (χ2v) is 5.04. The van der Waals surface area contributed by atoms with Crippen molar-refractivity contribution in [1.82, 2.24) is 5.32 Å². The van der Waals surface area contributed by atoms with E-state index in [1.807, 2.05) is 30.3 Å². The summed E-state index contributed by atoms with van der Waals surface area (Å²) < 4.78 is 5.10. The lowest BCUT2D eigenvalue weighted by atomic mass is 10.2. The van der Waals surface area contributed by atoms with Crippen LogP contribution in [0.5, 0.6) is 0 Å². The molecule has 0 radical (unpaired) electrons. The highest BCUT2D eigenvalue weighted by atomic mass is 32.1. The lowest BCUT2D eigenvalue weighted by molar-refractivity contribution is -0.129. The smallest absolute Gasteiger partial charge is 0.339 e. The van der Waals surface area contributed by atoms with Gasteiger partial charge in [-0.1, -0.05) is 30.3 Å². The zero-order valence-electron chi connectivity index (χ0n) is 11.0. The van der Waals surface area contributed by atoms with Gasteiger partial charge in [0, 0.05) is 11.9 Å². The minimum Gasteiger partial charge on any atom is -0.449 e. The molecule has 0 unspecified atom stereocenters.